The summed E-state index contributed by atoms with van der Waals surface area (Å²) in [4.78, 5) is 0. The van der Waals surface area contributed by atoms with Gasteiger partial charge in [0.15, 0.2) is 0 Å². The molecule has 2 unspecified atom stereocenters. The first-order valence-corrected chi connectivity index (χ1v) is 7.58. The summed E-state index contributed by atoms with van der Waals surface area (Å²) in [6, 6.07) is 9.79. The topological polar surface area (TPSA) is 30.5 Å². The molecule has 82 valence electrons. The summed E-state index contributed by atoms with van der Waals surface area (Å²) in [6.07, 6.45) is 1.09. The Morgan fingerprint density at radius 1 is 1.40 bits per heavy atom. The van der Waals surface area contributed by atoms with Crippen LogP contribution in [0.25, 0.3) is 0 Å². The van der Waals surface area contributed by atoms with Crippen LogP contribution < -0.4 is 5.09 Å². The van der Waals surface area contributed by atoms with Crippen LogP contribution in [0.5, 0.6) is 0 Å². The minimum Gasteiger partial charge on any atom is -0.316 e. The molecule has 0 spiro atoms. The van der Waals surface area contributed by atoms with Crippen LogP contribution in [-0.4, -0.2) is 12.7 Å². The molecule has 0 bridgehead atoms. The molecule has 1 saturated heterocycles. The van der Waals surface area contributed by atoms with Crippen molar-refractivity contribution in [2.45, 2.75) is 19.4 Å². The predicted molar refractivity (Wildman–Crippen MR) is 65.5 cm³/mol. The lowest BCUT2D eigenvalue weighted by molar-refractivity contribution is 0.121. The molecule has 5 heteroatoms. The van der Waals surface area contributed by atoms with E-state index >= 15 is 0 Å². The van der Waals surface area contributed by atoms with E-state index in [4.69, 9.17) is 20.9 Å². The van der Waals surface area contributed by atoms with E-state index in [9.17, 15) is 0 Å². The summed E-state index contributed by atoms with van der Waals surface area (Å²) >= 11 is 5.37. The van der Waals surface area contributed by atoms with Gasteiger partial charge >= 0.3 is 0 Å². The molecule has 1 fully saturated rings. The van der Waals surface area contributed by atoms with Gasteiger partial charge in [0.1, 0.15) is 0 Å². The van der Waals surface area contributed by atoms with E-state index in [0.717, 1.165) is 12.1 Å². The SMILES string of the molecule is CC1CCOP(=S)(Nc2ccccc2)O1. The maximum Gasteiger partial charge on any atom is 0.287 e. The third-order valence-electron chi connectivity index (χ3n) is 2.14. The van der Waals surface area contributed by atoms with Crippen LogP contribution in [0.15, 0.2) is 30.3 Å². The van der Waals surface area contributed by atoms with E-state index in [1.807, 2.05) is 37.3 Å². The minimum absolute atomic E-state index is 0.181. The molecule has 0 amide bonds. The Labute approximate surface area is 95.0 Å². The number of rotatable bonds is 2. The maximum absolute atomic E-state index is 5.67. The molecule has 0 aromatic heterocycles. The molecule has 1 aliphatic heterocycles. The second-order valence-corrected chi connectivity index (χ2v) is 6.64. The minimum atomic E-state index is -2.31. The zero-order chi connectivity index (χ0) is 10.7. The smallest absolute Gasteiger partial charge is 0.287 e. The highest BCUT2D eigenvalue weighted by Gasteiger charge is 2.26. The van der Waals surface area contributed by atoms with E-state index in [1.165, 1.54) is 0 Å². The van der Waals surface area contributed by atoms with Crippen LogP contribution in [-0.2, 0) is 20.9 Å². The fraction of sp³-hybridized carbons (Fsp3) is 0.400. The first-order chi connectivity index (χ1) is 7.18. The van der Waals surface area contributed by atoms with Crippen LogP contribution in [0.2, 0.25) is 0 Å². The Balaban J connectivity index is 2.07. The van der Waals surface area contributed by atoms with Gasteiger partial charge in [-0.25, -0.2) is 0 Å². The summed E-state index contributed by atoms with van der Waals surface area (Å²) in [5, 5.41) is 3.17. The van der Waals surface area contributed by atoms with Crippen LogP contribution in [0.3, 0.4) is 0 Å². The number of benzene rings is 1. The number of hydrogen-bond acceptors (Lipinski definition) is 3. The molecule has 0 aliphatic carbocycles. The Kier molecular flexibility index (Phi) is 3.42. The number of hydrogen-bond donors (Lipinski definition) is 1. The molecular formula is C10H14NO2PS. The van der Waals surface area contributed by atoms with Gasteiger partial charge in [-0.15, -0.1) is 0 Å². The highest BCUT2D eigenvalue weighted by Crippen LogP contribution is 2.52. The molecule has 2 atom stereocenters. The van der Waals surface area contributed by atoms with Gasteiger partial charge in [0.05, 0.1) is 12.7 Å². The average Bonchev–Trinajstić information content (AvgIpc) is 2.18. The van der Waals surface area contributed by atoms with Crippen molar-refractivity contribution in [3.63, 3.8) is 0 Å². The van der Waals surface area contributed by atoms with E-state index in [0.29, 0.717) is 6.61 Å². The fourth-order valence-electron chi connectivity index (χ4n) is 1.39. The van der Waals surface area contributed by atoms with Crippen molar-refractivity contribution < 1.29 is 9.05 Å². The summed E-state index contributed by atoms with van der Waals surface area (Å²) in [5.41, 5.74) is 0.954. The molecule has 3 nitrogen and oxygen atoms in total. The molecule has 0 radical (unpaired) electrons. The van der Waals surface area contributed by atoms with E-state index in [-0.39, 0.29) is 6.10 Å². The van der Waals surface area contributed by atoms with Crippen LogP contribution in [0, 0.1) is 0 Å². The van der Waals surface area contributed by atoms with Gasteiger partial charge in [-0.2, -0.15) is 0 Å². The van der Waals surface area contributed by atoms with Crippen LogP contribution in [0.4, 0.5) is 5.69 Å². The second-order valence-electron chi connectivity index (χ2n) is 3.51. The van der Waals surface area contributed by atoms with Gasteiger partial charge in [-0.3, -0.25) is 0 Å². The molecule has 1 N–H and O–H groups in total. The molecule has 2 rings (SSSR count). The maximum atomic E-state index is 5.67. The molecule has 1 aromatic carbocycles. The summed E-state index contributed by atoms with van der Waals surface area (Å²) in [5.74, 6) is 0. The van der Waals surface area contributed by atoms with Crippen molar-refractivity contribution in [3.8, 4) is 0 Å². The standard InChI is InChI=1S/C10H14NO2PS/c1-9-7-8-12-14(15,13-9)11-10-5-3-2-4-6-10/h2-6,9H,7-8H2,1H3,(H,11,15). The Morgan fingerprint density at radius 2 is 2.13 bits per heavy atom. The van der Waals surface area contributed by atoms with Crippen molar-refractivity contribution in [1.82, 2.24) is 0 Å². The third-order valence-corrected chi connectivity index (χ3v) is 4.68. The Bertz CT molecular complexity index is 371. The predicted octanol–water partition coefficient (Wildman–Crippen LogP) is 3.15. The average molecular weight is 243 g/mol. The molecular weight excluding hydrogens is 229 g/mol. The van der Waals surface area contributed by atoms with Crippen LogP contribution >= 0.6 is 6.64 Å². The largest absolute Gasteiger partial charge is 0.316 e. The molecule has 15 heavy (non-hydrogen) atoms. The lowest BCUT2D eigenvalue weighted by atomic mass is 10.3. The zero-order valence-electron chi connectivity index (χ0n) is 8.55. The third kappa shape index (κ3) is 3.02. The van der Waals surface area contributed by atoms with Crippen molar-refractivity contribution >= 4 is 24.1 Å². The summed E-state index contributed by atoms with van der Waals surface area (Å²) < 4.78 is 11.2. The zero-order valence-corrected chi connectivity index (χ0v) is 10.3. The molecule has 1 aliphatic rings. The first kappa shape index (κ1) is 11.1. The highest BCUT2D eigenvalue weighted by atomic mass is 32.5. The van der Waals surface area contributed by atoms with Gasteiger partial charge in [-0.05, 0) is 37.3 Å². The van der Waals surface area contributed by atoms with E-state index in [2.05, 4.69) is 5.09 Å². The van der Waals surface area contributed by atoms with Gasteiger partial charge in [0, 0.05) is 5.69 Å². The van der Waals surface area contributed by atoms with Gasteiger partial charge in [0.2, 0.25) is 0 Å². The normalized spacial score (nSPS) is 31.1. The van der Waals surface area contributed by atoms with Crippen molar-refractivity contribution in [1.29, 1.82) is 0 Å². The van der Waals surface area contributed by atoms with Gasteiger partial charge in [-0.1, -0.05) is 18.2 Å². The monoisotopic (exact) mass is 243 g/mol. The first-order valence-electron chi connectivity index (χ1n) is 4.94. The number of para-hydroxylation sites is 1. The van der Waals surface area contributed by atoms with Crippen molar-refractivity contribution in [3.05, 3.63) is 30.3 Å². The van der Waals surface area contributed by atoms with Crippen LogP contribution in [0.1, 0.15) is 13.3 Å². The second kappa shape index (κ2) is 4.62. The number of nitrogens with one attached hydrogen (secondary N) is 1. The molecule has 1 aromatic rings. The lowest BCUT2D eigenvalue weighted by Gasteiger charge is -2.31. The van der Waals surface area contributed by atoms with E-state index < -0.39 is 6.64 Å². The van der Waals surface area contributed by atoms with Crippen molar-refractivity contribution in [2.75, 3.05) is 11.7 Å². The Morgan fingerprint density at radius 3 is 2.80 bits per heavy atom. The molecule has 1 heterocycles. The summed E-state index contributed by atoms with van der Waals surface area (Å²) in [7, 11) is 0. The Hall–Kier alpha value is -0.410. The highest BCUT2D eigenvalue weighted by molar-refractivity contribution is 8.10. The molecule has 0 saturated carbocycles. The quantitative estimate of drug-likeness (QED) is 0.808. The number of anilines is 1. The van der Waals surface area contributed by atoms with Gasteiger partial charge < -0.3 is 14.1 Å². The van der Waals surface area contributed by atoms with Crippen molar-refractivity contribution in [2.24, 2.45) is 0 Å². The lowest BCUT2D eigenvalue weighted by Crippen LogP contribution is -2.20. The summed E-state index contributed by atoms with van der Waals surface area (Å²) in [6.45, 7) is 0.395. The fourth-order valence-corrected chi connectivity index (χ4v) is 3.94. The van der Waals surface area contributed by atoms with Gasteiger partial charge in [0.25, 0.3) is 6.64 Å². The van der Waals surface area contributed by atoms with E-state index in [1.54, 1.807) is 0 Å².